The highest BCUT2D eigenvalue weighted by molar-refractivity contribution is 7.89. The maximum atomic E-state index is 11.4. The number of imidazole rings is 1. The number of nitrogens with one attached hydrogen (secondary N) is 2. The molecular formula is C7H11N3O5S. The Morgan fingerprint density at radius 1 is 1.62 bits per heavy atom. The summed E-state index contributed by atoms with van der Waals surface area (Å²) < 4.78 is 29.7. The Bertz CT molecular complexity index is 427. The number of hydrogen-bond acceptors (Lipinski definition) is 5. The van der Waals surface area contributed by atoms with Gasteiger partial charge < -0.3 is 14.8 Å². The Kier molecular flexibility index (Phi) is 4.40. The molecule has 1 rings (SSSR count). The third-order valence-electron chi connectivity index (χ3n) is 1.53. The van der Waals surface area contributed by atoms with Crippen molar-refractivity contribution in [2.24, 2.45) is 0 Å². The predicted molar refractivity (Wildman–Crippen MR) is 52.2 cm³/mol. The number of sulfonamides is 1. The largest absolute Gasteiger partial charge is 0.480 e. The maximum Gasteiger partial charge on any atom is 0.329 e. The van der Waals surface area contributed by atoms with Crippen LogP contribution in [0.2, 0.25) is 0 Å². The van der Waals surface area contributed by atoms with E-state index < -0.39 is 22.6 Å². The number of hydrogen-bond donors (Lipinski definition) is 3. The highest BCUT2D eigenvalue weighted by atomic mass is 32.2. The number of aliphatic carboxylic acids is 1. The fourth-order valence-electron chi connectivity index (χ4n) is 0.876. The fraction of sp³-hybridized carbons (Fsp3) is 0.429. The van der Waals surface area contributed by atoms with Gasteiger partial charge in [0, 0.05) is 6.54 Å². The first kappa shape index (κ1) is 12.6. The second kappa shape index (κ2) is 5.58. The summed E-state index contributed by atoms with van der Waals surface area (Å²) in [5.74, 6) is -1.10. The molecule has 0 aliphatic heterocycles. The van der Waals surface area contributed by atoms with Crippen LogP contribution in [0.25, 0.3) is 0 Å². The average Bonchev–Trinajstić information content (AvgIpc) is 2.69. The van der Waals surface area contributed by atoms with Crippen LogP contribution in [0, 0.1) is 0 Å². The topological polar surface area (TPSA) is 121 Å². The normalized spacial score (nSPS) is 11.5. The first-order valence-corrected chi connectivity index (χ1v) is 5.78. The van der Waals surface area contributed by atoms with E-state index in [1.165, 1.54) is 12.5 Å². The van der Waals surface area contributed by atoms with E-state index in [4.69, 9.17) is 5.11 Å². The third-order valence-corrected chi connectivity index (χ3v) is 2.91. The molecule has 0 spiro atoms. The van der Waals surface area contributed by atoms with Crippen molar-refractivity contribution in [3.05, 3.63) is 12.5 Å². The van der Waals surface area contributed by atoms with Crippen LogP contribution >= 0.6 is 0 Å². The van der Waals surface area contributed by atoms with Gasteiger partial charge in [-0.1, -0.05) is 0 Å². The first-order chi connectivity index (χ1) is 7.52. The van der Waals surface area contributed by atoms with Crippen LogP contribution in [0.15, 0.2) is 17.6 Å². The molecule has 0 saturated carbocycles. The van der Waals surface area contributed by atoms with Gasteiger partial charge >= 0.3 is 5.97 Å². The minimum absolute atomic E-state index is 0.00532. The van der Waals surface area contributed by atoms with E-state index in [-0.39, 0.29) is 18.2 Å². The molecular weight excluding hydrogens is 238 g/mol. The van der Waals surface area contributed by atoms with Gasteiger partial charge in [0.05, 0.1) is 19.1 Å². The van der Waals surface area contributed by atoms with Crippen LogP contribution in [0.3, 0.4) is 0 Å². The van der Waals surface area contributed by atoms with E-state index in [2.05, 4.69) is 19.4 Å². The molecule has 8 nitrogen and oxygen atoms in total. The maximum absolute atomic E-state index is 11.4. The molecule has 0 unspecified atom stereocenters. The van der Waals surface area contributed by atoms with Crippen molar-refractivity contribution in [3.63, 3.8) is 0 Å². The SMILES string of the molecule is O=C(O)COCCNS(=O)(=O)c1cnc[nH]1. The minimum atomic E-state index is -3.61. The molecule has 9 heteroatoms. The Labute approximate surface area is 91.7 Å². The van der Waals surface area contributed by atoms with E-state index >= 15 is 0 Å². The Hall–Kier alpha value is -1.45. The molecule has 0 bridgehead atoms. The Morgan fingerprint density at radius 2 is 2.38 bits per heavy atom. The van der Waals surface area contributed by atoms with Crippen LogP contribution in [-0.2, 0) is 19.6 Å². The summed E-state index contributed by atoms with van der Waals surface area (Å²) in [5, 5.41) is 8.20. The van der Waals surface area contributed by atoms with E-state index in [1.54, 1.807) is 0 Å². The Morgan fingerprint density at radius 3 is 2.94 bits per heavy atom. The van der Waals surface area contributed by atoms with Crippen LogP contribution in [-0.4, -0.2) is 49.2 Å². The van der Waals surface area contributed by atoms with Crippen molar-refractivity contribution in [1.29, 1.82) is 0 Å². The second-order valence-corrected chi connectivity index (χ2v) is 4.50. The van der Waals surface area contributed by atoms with Gasteiger partial charge in [-0.05, 0) is 0 Å². The fourth-order valence-corrected chi connectivity index (χ4v) is 1.79. The summed E-state index contributed by atoms with van der Waals surface area (Å²) in [6, 6.07) is 0. The van der Waals surface area contributed by atoms with E-state index in [9.17, 15) is 13.2 Å². The van der Waals surface area contributed by atoms with Gasteiger partial charge in [-0.25, -0.2) is 22.9 Å². The Balaban J connectivity index is 2.30. The standard InChI is InChI=1S/C7H11N3O5S/c11-7(12)4-15-2-1-10-16(13,14)6-3-8-5-9-6/h3,5,10H,1-2,4H2,(H,8,9)(H,11,12). The molecule has 90 valence electrons. The number of carboxylic acids is 1. The third kappa shape index (κ3) is 3.96. The van der Waals surface area contributed by atoms with Gasteiger partial charge in [0.15, 0.2) is 5.03 Å². The number of ether oxygens (including phenoxy) is 1. The van der Waals surface area contributed by atoms with Gasteiger partial charge in [0.25, 0.3) is 10.0 Å². The molecule has 1 heterocycles. The summed E-state index contributed by atoms with van der Waals surface area (Å²) in [7, 11) is -3.61. The lowest BCUT2D eigenvalue weighted by Crippen LogP contribution is -2.28. The predicted octanol–water partition coefficient (Wildman–Crippen LogP) is -1.21. The van der Waals surface area contributed by atoms with Gasteiger partial charge in [-0.3, -0.25) is 0 Å². The minimum Gasteiger partial charge on any atom is -0.480 e. The summed E-state index contributed by atoms with van der Waals surface area (Å²) in [6.45, 7) is -0.472. The zero-order valence-corrected chi connectivity index (χ0v) is 9.03. The summed E-state index contributed by atoms with van der Waals surface area (Å²) in [6.07, 6.45) is 2.41. The van der Waals surface area contributed by atoms with E-state index in [1.807, 2.05) is 0 Å². The number of H-pyrrole nitrogens is 1. The molecule has 0 atom stereocenters. The molecule has 1 aromatic rings. The lowest BCUT2D eigenvalue weighted by Gasteiger charge is -2.04. The molecule has 0 aliphatic rings. The van der Waals surface area contributed by atoms with Crippen molar-refractivity contribution in [3.8, 4) is 0 Å². The molecule has 0 aliphatic carbocycles. The molecule has 16 heavy (non-hydrogen) atoms. The molecule has 0 saturated heterocycles. The summed E-state index contributed by atoms with van der Waals surface area (Å²) >= 11 is 0. The smallest absolute Gasteiger partial charge is 0.329 e. The lowest BCUT2D eigenvalue weighted by molar-refractivity contribution is -0.142. The van der Waals surface area contributed by atoms with Crippen LogP contribution in [0.1, 0.15) is 0 Å². The molecule has 1 aromatic heterocycles. The lowest BCUT2D eigenvalue weighted by atomic mass is 10.7. The van der Waals surface area contributed by atoms with Gasteiger partial charge in [0.2, 0.25) is 0 Å². The van der Waals surface area contributed by atoms with Gasteiger partial charge in [-0.2, -0.15) is 0 Å². The number of aromatic nitrogens is 2. The number of carbonyl (C=O) groups is 1. The number of nitrogens with zero attached hydrogens (tertiary/aromatic N) is 1. The second-order valence-electron chi connectivity index (χ2n) is 2.76. The highest BCUT2D eigenvalue weighted by Crippen LogP contribution is 2.00. The van der Waals surface area contributed by atoms with Crippen molar-refractivity contribution in [2.45, 2.75) is 5.03 Å². The van der Waals surface area contributed by atoms with Gasteiger partial charge in [-0.15, -0.1) is 0 Å². The van der Waals surface area contributed by atoms with Crippen LogP contribution in [0.4, 0.5) is 0 Å². The monoisotopic (exact) mass is 249 g/mol. The van der Waals surface area contributed by atoms with Crippen LogP contribution < -0.4 is 4.72 Å². The quantitative estimate of drug-likeness (QED) is 0.521. The summed E-state index contributed by atoms with van der Waals surface area (Å²) in [4.78, 5) is 16.1. The number of carboxylic acid groups (broad SMARTS) is 1. The van der Waals surface area contributed by atoms with Crippen LogP contribution in [0.5, 0.6) is 0 Å². The molecule has 0 radical (unpaired) electrons. The van der Waals surface area contributed by atoms with E-state index in [0.717, 1.165) is 0 Å². The number of rotatable bonds is 7. The molecule has 3 N–H and O–H groups in total. The zero-order valence-electron chi connectivity index (χ0n) is 8.21. The molecule has 0 amide bonds. The van der Waals surface area contributed by atoms with E-state index in [0.29, 0.717) is 0 Å². The molecule has 0 fully saturated rings. The first-order valence-electron chi connectivity index (χ1n) is 4.30. The number of aromatic amines is 1. The molecule has 0 aromatic carbocycles. The van der Waals surface area contributed by atoms with Crippen molar-refractivity contribution in [2.75, 3.05) is 19.8 Å². The summed E-state index contributed by atoms with van der Waals surface area (Å²) in [5.41, 5.74) is 0. The van der Waals surface area contributed by atoms with Crippen molar-refractivity contribution in [1.82, 2.24) is 14.7 Å². The zero-order chi connectivity index (χ0) is 12.0. The average molecular weight is 249 g/mol. The van der Waals surface area contributed by atoms with Crippen molar-refractivity contribution >= 4 is 16.0 Å². The van der Waals surface area contributed by atoms with Gasteiger partial charge in [0.1, 0.15) is 6.61 Å². The highest BCUT2D eigenvalue weighted by Gasteiger charge is 2.14. The van der Waals surface area contributed by atoms with Crippen molar-refractivity contribution < 1.29 is 23.1 Å².